The first-order valence-electron chi connectivity index (χ1n) is 2.97. The largest absolute Gasteiger partial charge is 0.343 e. The van der Waals surface area contributed by atoms with Crippen molar-refractivity contribution in [3.8, 4) is 0 Å². The van der Waals surface area contributed by atoms with Gasteiger partial charge in [0, 0.05) is 18.1 Å². The second-order valence-corrected chi connectivity index (χ2v) is 2.00. The van der Waals surface area contributed by atoms with Crippen LogP contribution in [0.3, 0.4) is 0 Å². The molecule has 0 saturated heterocycles. The van der Waals surface area contributed by atoms with Crippen LogP contribution in [-0.2, 0) is 0 Å². The number of hydrogen-bond acceptors (Lipinski definition) is 3. The SMILES string of the molecule is C=C(C)Nc1cnccn1. The van der Waals surface area contributed by atoms with Gasteiger partial charge in [-0.05, 0) is 6.92 Å². The summed E-state index contributed by atoms with van der Waals surface area (Å²) in [5, 5.41) is 2.94. The van der Waals surface area contributed by atoms with Gasteiger partial charge in [0.15, 0.2) is 0 Å². The van der Waals surface area contributed by atoms with Crippen LogP contribution in [0.25, 0.3) is 0 Å². The topological polar surface area (TPSA) is 37.8 Å². The van der Waals surface area contributed by atoms with Crippen LogP contribution < -0.4 is 5.32 Å². The van der Waals surface area contributed by atoms with Crippen LogP contribution in [-0.4, -0.2) is 9.97 Å². The van der Waals surface area contributed by atoms with E-state index in [1.807, 2.05) is 6.92 Å². The fraction of sp³-hybridized carbons (Fsp3) is 0.143. The second kappa shape index (κ2) is 2.96. The highest BCUT2D eigenvalue weighted by Gasteiger charge is 1.88. The van der Waals surface area contributed by atoms with E-state index < -0.39 is 0 Å². The fourth-order valence-electron chi connectivity index (χ4n) is 0.582. The van der Waals surface area contributed by atoms with Crippen molar-refractivity contribution < 1.29 is 0 Å². The summed E-state index contributed by atoms with van der Waals surface area (Å²) in [5.41, 5.74) is 0.862. The Labute approximate surface area is 59.8 Å². The predicted octanol–water partition coefficient (Wildman–Crippen LogP) is 1.42. The highest BCUT2D eigenvalue weighted by molar-refractivity contribution is 5.36. The van der Waals surface area contributed by atoms with Crippen molar-refractivity contribution in [3.63, 3.8) is 0 Å². The summed E-state index contributed by atoms with van der Waals surface area (Å²) < 4.78 is 0. The minimum atomic E-state index is 0.731. The molecule has 0 amide bonds. The maximum absolute atomic E-state index is 3.98. The predicted molar refractivity (Wildman–Crippen MR) is 40.5 cm³/mol. The van der Waals surface area contributed by atoms with Gasteiger partial charge < -0.3 is 5.32 Å². The second-order valence-electron chi connectivity index (χ2n) is 2.00. The van der Waals surface area contributed by atoms with E-state index in [2.05, 4.69) is 21.9 Å². The fourth-order valence-corrected chi connectivity index (χ4v) is 0.582. The van der Waals surface area contributed by atoms with Crippen molar-refractivity contribution in [3.05, 3.63) is 30.9 Å². The van der Waals surface area contributed by atoms with Crippen molar-refractivity contribution >= 4 is 5.82 Å². The quantitative estimate of drug-likeness (QED) is 0.666. The van der Waals surface area contributed by atoms with Crippen molar-refractivity contribution in [2.45, 2.75) is 6.92 Å². The average molecular weight is 135 g/mol. The Morgan fingerprint density at radius 2 is 2.40 bits per heavy atom. The van der Waals surface area contributed by atoms with Crippen LogP contribution in [0, 0.1) is 0 Å². The van der Waals surface area contributed by atoms with E-state index in [-0.39, 0.29) is 0 Å². The molecule has 3 nitrogen and oxygen atoms in total. The van der Waals surface area contributed by atoms with Gasteiger partial charge in [-0.15, -0.1) is 0 Å². The van der Waals surface area contributed by atoms with Gasteiger partial charge in [0.05, 0.1) is 6.20 Å². The number of rotatable bonds is 2. The third kappa shape index (κ3) is 1.85. The number of nitrogens with one attached hydrogen (secondary N) is 1. The molecule has 0 aromatic carbocycles. The molecular weight excluding hydrogens is 126 g/mol. The highest BCUT2D eigenvalue weighted by Crippen LogP contribution is 1.99. The first-order chi connectivity index (χ1) is 4.79. The number of allylic oxidation sites excluding steroid dienone is 1. The first-order valence-corrected chi connectivity index (χ1v) is 2.97. The van der Waals surface area contributed by atoms with Gasteiger partial charge in [0.1, 0.15) is 5.82 Å². The van der Waals surface area contributed by atoms with Gasteiger partial charge in [-0.1, -0.05) is 6.58 Å². The Kier molecular flexibility index (Phi) is 1.99. The summed E-state index contributed by atoms with van der Waals surface area (Å²) >= 11 is 0. The average Bonchev–Trinajstić information content (AvgIpc) is 1.88. The van der Waals surface area contributed by atoms with E-state index in [4.69, 9.17) is 0 Å². The maximum atomic E-state index is 3.98. The summed E-state index contributed by atoms with van der Waals surface area (Å²) in [6, 6.07) is 0. The Morgan fingerprint density at radius 1 is 1.60 bits per heavy atom. The molecule has 0 aliphatic heterocycles. The van der Waals surface area contributed by atoms with E-state index in [9.17, 15) is 0 Å². The smallest absolute Gasteiger partial charge is 0.148 e. The molecule has 10 heavy (non-hydrogen) atoms. The third-order valence-corrected chi connectivity index (χ3v) is 0.905. The lowest BCUT2D eigenvalue weighted by molar-refractivity contribution is 1.18. The highest BCUT2D eigenvalue weighted by atomic mass is 15.0. The number of anilines is 1. The molecule has 0 bridgehead atoms. The maximum Gasteiger partial charge on any atom is 0.148 e. The normalized spacial score (nSPS) is 8.90. The molecule has 0 aliphatic carbocycles. The van der Waals surface area contributed by atoms with Crippen LogP contribution in [0.4, 0.5) is 5.82 Å². The van der Waals surface area contributed by atoms with E-state index >= 15 is 0 Å². The van der Waals surface area contributed by atoms with Gasteiger partial charge >= 0.3 is 0 Å². The Balaban J connectivity index is 2.67. The third-order valence-electron chi connectivity index (χ3n) is 0.905. The zero-order valence-electron chi connectivity index (χ0n) is 5.83. The molecule has 0 radical (unpaired) electrons. The minimum Gasteiger partial charge on any atom is -0.343 e. The van der Waals surface area contributed by atoms with Gasteiger partial charge in [-0.3, -0.25) is 4.98 Å². The van der Waals surface area contributed by atoms with E-state index in [0.717, 1.165) is 11.5 Å². The lowest BCUT2D eigenvalue weighted by Crippen LogP contribution is -1.95. The monoisotopic (exact) mass is 135 g/mol. The van der Waals surface area contributed by atoms with E-state index in [1.54, 1.807) is 18.6 Å². The first kappa shape index (κ1) is 6.74. The molecule has 1 aromatic rings. The molecule has 0 atom stereocenters. The molecule has 0 unspecified atom stereocenters. The van der Waals surface area contributed by atoms with Crippen LogP contribution in [0.1, 0.15) is 6.92 Å². The Morgan fingerprint density at radius 3 is 2.90 bits per heavy atom. The molecule has 0 spiro atoms. The lowest BCUT2D eigenvalue weighted by atomic mass is 10.5. The Bertz CT molecular complexity index is 218. The van der Waals surface area contributed by atoms with Crippen LogP contribution in [0.15, 0.2) is 30.9 Å². The zero-order valence-corrected chi connectivity index (χ0v) is 5.83. The van der Waals surface area contributed by atoms with Crippen molar-refractivity contribution in [1.29, 1.82) is 0 Å². The Hall–Kier alpha value is -1.38. The van der Waals surface area contributed by atoms with Crippen molar-refractivity contribution in [1.82, 2.24) is 9.97 Å². The molecule has 0 saturated carbocycles. The summed E-state index contributed by atoms with van der Waals surface area (Å²) in [5.74, 6) is 0.731. The van der Waals surface area contributed by atoms with E-state index in [1.165, 1.54) is 0 Å². The molecule has 0 fully saturated rings. The molecule has 3 heteroatoms. The van der Waals surface area contributed by atoms with Gasteiger partial charge in [0.25, 0.3) is 0 Å². The molecule has 52 valence electrons. The lowest BCUT2D eigenvalue weighted by Gasteiger charge is -2.00. The summed E-state index contributed by atoms with van der Waals surface area (Å²) in [7, 11) is 0. The van der Waals surface area contributed by atoms with Crippen LogP contribution in [0.2, 0.25) is 0 Å². The number of hydrogen-bond donors (Lipinski definition) is 1. The van der Waals surface area contributed by atoms with Crippen molar-refractivity contribution in [2.24, 2.45) is 0 Å². The summed E-state index contributed by atoms with van der Waals surface area (Å²) in [4.78, 5) is 7.86. The van der Waals surface area contributed by atoms with Crippen molar-refractivity contribution in [2.75, 3.05) is 5.32 Å². The summed E-state index contributed by atoms with van der Waals surface area (Å²) in [6.45, 7) is 5.54. The minimum absolute atomic E-state index is 0.731. The van der Waals surface area contributed by atoms with E-state index in [0.29, 0.717) is 0 Å². The van der Waals surface area contributed by atoms with Crippen LogP contribution >= 0.6 is 0 Å². The standard InChI is InChI=1S/C7H9N3/c1-6(2)10-7-5-8-3-4-9-7/h3-5H,1H2,2H3,(H,9,10). The van der Waals surface area contributed by atoms with Gasteiger partial charge in [-0.2, -0.15) is 0 Å². The van der Waals surface area contributed by atoms with Crippen LogP contribution in [0.5, 0.6) is 0 Å². The number of nitrogens with zero attached hydrogens (tertiary/aromatic N) is 2. The zero-order chi connectivity index (χ0) is 7.40. The molecular formula is C7H9N3. The molecule has 0 aliphatic rings. The van der Waals surface area contributed by atoms with Gasteiger partial charge in [-0.25, -0.2) is 4.98 Å². The summed E-state index contributed by atoms with van der Waals surface area (Å²) in [6.07, 6.45) is 4.91. The molecule has 1 N–H and O–H groups in total. The molecule has 1 aromatic heterocycles. The number of aromatic nitrogens is 2. The molecule has 1 rings (SSSR count). The van der Waals surface area contributed by atoms with Gasteiger partial charge in [0.2, 0.25) is 0 Å². The molecule has 1 heterocycles.